The number of rotatable bonds is 5. The number of aromatic nitrogens is 3. The number of aryl methyl sites for hydroxylation is 1. The molecular weight excluding hydrogens is 350 g/mol. The first-order valence-electron chi connectivity index (χ1n) is 9.68. The number of likely N-dealkylation sites (tertiary alicyclic amines) is 1. The predicted molar refractivity (Wildman–Crippen MR) is 109 cm³/mol. The molecule has 3 heterocycles. The van der Waals surface area contributed by atoms with E-state index < -0.39 is 0 Å². The second-order valence-corrected chi connectivity index (χ2v) is 7.39. The topological polar surface area (TPSA) is 63.1 Å². The lowest BCUT2D eigenvalue weighted by Crippen LogP contribution is -2.47. The number of hydrogen-bond donors (Lipinski definition) is 1. The van der Waals surface area contributed by atoms with Crippen LogP contribution >= 0.6 is 0 Å². The summed E-state index contributed by atoms with van der Waals surface area (Å²) in [4.78, 5) is 19.4. The van der Waals surface area contributed by atoms with Gasteiger partial charge in [0.15, 0.2) is 0 Å². The van der Waals surface area contributed by atoms with Crippen molar-refractivity contribution < 1.29 is 4.79 Å². The third kappa shape index (κ3) is 4.46. The quantitative estimate of drug-likeness (QED) is 0.745. The maximum Gasteiger partial charge on any atom is 0.251 e. The monoisotopic (exact) mass is 375 g/mol. The zero-order chi connectivity index (χ0) is 19.3. The Balaban J connectivity index is 1.39. The molecule has 0 radical (unpaired) electrons. The van der Waals surface area contributed by atoms with E-state index in [1.54, 1.807) is 10.9 Å². The van der Waals surface area contributed by atoms with Crippen LogP contribution in [0.2, 0.25) is 0 Å². The van der Waals surface area contributed by atoms with E-state index >= 15 is 0 Å². The minimum absolute atomic E-state index is 0.0148. The van der Waals surface area contributed by atoms with E-state index in [4.69, 9.17) is 0 Å². The molecule has 1 atom stereocenters. The normalized spacial score (nSPS) is 17.4. The summed E-state index contributed by atoms with van der Waals surface area (Å²) in [6.07, 6.45) is 9.57. The maximum atomic E-state index is 12.8. The summed E-state index contributed by atoms with van der Waals surface area (Å²) in [7, 11) is 1.89. The van der Waals surface area contributed by atoms with Crippen molar-refractivity contribution in [2.75, 3.05) is 13.1 Å². The van der Waals surface area contributed by atoms with E-state index in [2.05, 4.69) is 26.4 Å². The van der Waals surface area contributed by atoms with Crippen molar-refractivity contribution in [2.24, 2.45) is 7.05 Å². The van der Waals surface area contributed by atoms with Gasteiger partial charge in [-0.15, -0.1) is 0 Å². The Morgan fingerprint density at radius 3 is 2.93 bits per heavy atom. The zero-order valence-corrected chi connectivity index (χ0v) is 16.1. The van der Waals surface area contributed by atoms with Crippen molar-refractivity contribution in [1.82, 2.24) is 25.0 Å². The first kappa shape index (κ1) is 18.4. The summed E-state index contributed by atoms with van der Waals surface area (Å²) in [6, 6.07) is 12.0. The highest BCUT2D eigenvalue weighted by Crippen LogP contribution is 2.20. The van der Waals surface area contributed by atoms with Gasteiger partial charge in [0.25, 0.3) is 5.91 Å². The molecule has 4 rings (SSSR count). The second kappa shape index (κ2) is 8.35. The average molecular weight is 375 g/mol. The highest BCUT2D eigenvalue weighted by Gasteiger charge is 2.22. The van der Waals surface area contributed by atoms with Crippen molar-refractivity contribution in [3.63, 3.8) is 0 Å². The number of carbonyl (C=O) groups excluding carboxylic acids is 1. The fourth-order valence-corrected chi connectivity index (χ4v) is 3.75. The number of carbonyl (C=O) groups is 1. The van der Waals surface area contributed by atoms with Gasteiger partial charge in [0.1, 0.15) is 0 Å². The van der Waals surface area contributed by atoms with Gasteiger partial charge < -0.3 is 5.32 Å². The first-order chi connectivity index (χ1) is 13.7. The first-order valence-corrected chi connectivity index (χ1v) is 9.68. The zero-order valence-electron chi connectivity index (χ0n) is 16.1. The summed E-state index contributed by atoms with van der Waals surface area (Å²) < 4.78 is 1.76. The molecule has 1 aromatic carbocycles. The van der Waals surface area contributed by atoms with E-state index in [1.807, 2.05) is 56.0 Å². The summed E-state index contributed by atoms with van der Waals surface area (Å²) in [6.45, 7) is 2.79. The van der Waals surface area contributed by atoms with E-state index in [0.29, 0.717) is 5.56 Å². The number of hydrogen-bond acceptors (Lipinski definition) is 4. The van der Waals surface area contributed by atoms with Gasteiger partial charge in [0, 0.05) is 55.9 Å². The van der Waals surface area contributed by atoms with Gasteiger partial charge in [-0.1, -0.05) is 18.2 Å². The number of amides is 1. The summed E-state index contributed by atoms with van der Waals surface area (Å²) in [5.41, 5.74) is 3.91. The van der Waals surface area contributed by atoms with Crippen LogP contribution in [0.15, 0.2) is 61.2 Å². The molecule has 3 aromatic rings. The molecule has 1 N–H and O–H groups in total. The maximum absolute atomic E-state index is 12.8. The van der Waals surface area contributed by atoms with Crippen LogP contribution in [0, 0.1) is 0 Å². The Kier molecular flexibility index (Phi) is 5.48. The van der Waals surface area contributed by atoms with Gasteiger partial charge >= 0.3 is 0 Å². The van der Waals surface area contributed by atoms with E-state index in [1.165, 1.54) is 5.56 Å². The van der Waals surface area contributed by atoms with Crippen molar-refractivity contribution >= 4 is 5.91 Å². The molecule has 0 unspecified atom stereocenters. The van der Waals surface area contributed by atoms with Gasteiger partial charge in [-0.3, -0.25) is 19.4 Å². The highest BCUT2D eigenvalue weighted by atomic mass is 16.1. The second-order valence-electron chi connectivity index (χ2n) is 7.39. The van der Waals surface area contributed by atoms with E-state index in [-0.39, 0.29) is 11.9 Å². The van der Waals surface area contributed by atoms with Crippen molar-refractivity contribution in [3.8, 4) is 11.1 Å². The van der Waals surface area contributed by atoms with Crippen LogP contribution in [-0.4, -0.2) is 44.7 Å². The van der Waals surface area contributed by atoms with Crippen LogP contribution in [0.4, 0.5) is 0 Å². The Morgan fingerprint density at radius 2 is 2.14 bits per heavy atom. The highest BCUT2D eigenvalue weighted by molar-refractivity contribution is 5.95. The third-order valence-corrected chi connectivity index (χ3v) is 5.13. The summed E-state index contributed by atoms with van der Waals surface area (Å²) in [5, 5.41) is 7.43. The number of benzene rings is 1. The lowest BCUT2D eigenvalue weighted by atomic mass is 10.0. The Bertz CT molecular complexity index is 937. The Labute approximate surface area is 165 Å². The largest absolute Gasteiger partial charge is 0.348 e. The molecule has 1 amide bonds. The van der Waals surface area contributed by atoms with Gasteiger partial charge in [0.2, 0.25) is 0 Å². The van der Waals surface area contributed by atoms with Crippen LogP contribution < -0.4 is 5.32 Å². The molecule has 0 saturated carbocycles. The van der Waals surface area contributed by atoms with Crippen LogP contribution in [0.25, 0.3) is 11.1 Å². The smallest absolute Gasteiger partial charge is 0.251 e. The van der Waals surface area contributed by atoms with Crippen LogP contribution in [0.1, 0.15) is 28.8 Å². The molecular formula is C22H25N5O. The number of pyridine rings is 1. The molecule has 6 heteroatoms. The number of piperidine rings is 1. The molecule has 0 spiro atoms. The van der Waals surface area contributed by atoms with Crippen molar-refractivity contribution in [3.05, 3.63) is 72.3 Å². The molecule has 144 valence electrons. The molecule has 1 saturated heterocycles. The molecule has 1 aliphatic rings. The molecule has 1 fully saturated rings. The molecule has 6 nitrogen and oxygen atoms in total. The minimum Gasteiger partial charge on any atom is -0.348 e. The minimum atomic E-state index is -0.0148. The number of nitrogens with one attached hydrogen (secondary N) is 1. The number of nitrogens with zero attached hydrogens (tertiary/aromatic N) is 4. The lowest BCUT2D eigenvalue weighted by molar-refractivity contribution is 0.0901. The fourth-order valence-electron chi connectivity index (χ4n) is 3.75. The van der Waals surface area contributed by atoms with Gasteiger partial charge in [-0.25, -0.2) is 0 Å². The molecule has 1 aliphatic heterocycles. The standard InChI is InChI=1S/C22H25N5O/c1-26-15-20(13-24-26)18-6-2-7-19(11-18)22(28)25-21-8-4-10-27(16-21)14-17-5-3-9-23-12-17/h2-3,5-7,9,11-13,15,21H,4,8,10,14,16H2,1H3,(H,25,28)/t21-/m0/s1. The van der Waals surface area contributed by atoms with Gasteiger partial charge in [-0.05, 0) is 48.7 Å². The third-order valence-electron chi connectivity index (χ3n) is 5.13. The predicted octanol–water partition coefficient (Wildman–Crippen LogP) is 2.88. The average Bonchev–Trinajstić information content (AvgIpc) is 3.16. The summed E-state index contributed by atoms with van der Waals surface area (Å²) >= 11 is 0. The van der Waals surface area contributed by atoms with E-state index in [0.717, 1.165) is 43.6 Å². The molecule has 28 heavy (non-hydrogen) atoms. The van der Waals surface area contributed by atoms with Crippen LogP contribution in [0.3, 0.4) is 0 Å². The van der Waals surface area contributed by atoms with Crippen molar-refractivity contribution in [2.45, 2.75) is 25.4 Å². The van der Waals surface area contributed by atoms with Gasteiger partial charge in [0.05, 0.1) is 6.20 Å². The lowest BCUT2D eigenvalue weighted by Gasteiger charge is -2.33. The Hall–Kier alpha value is -2.99. The molecule has 0 aliphatic carbocycles. The fraction of sp³-hybridized carbons (Fsp3) is 0.318. The van der Waals surface area contributed by atoms with Crippen molar-refractivity contribution in [1.29, 1.82) is 0 Å². The summed E-state index contributed by atoms with van der Waals surface area (Å²) in [5.74, 6) is -0.0148. The molecule has 2 aromatic heterocycles. The SMILES string of the molecule is Cn1cc(-c2cccc(C(=O)N[C@H]3CCCN(Cc4cccnc4)C3)c2)cn1. The van der Waals surface area contributed by atoms with E-state index in [9.17, 15) is 4.79 Å². The Morgan fingerprint density at radius 1 is 1.21 bits per heavy atom. The van der Waals surface area contributed by atoms with Crippen LogP contribution in [-0.2, 0) is 13.6 Å². The molecule has 0 bridgehead atoms. The van der Waals surface area contributed by atoms with Gasteiger partial charge in [-0.2, -0.15) is 5.10 Å². The van der Waals surface area contributed by atoms with Crippen LogP contribution in [0.5, 0.6) is 0 Å².